The molecule has 0 fully saturated rings. The maximum absolute atomic E-state index is 5.78. The van der Waals surface area contributed by atoms with Crippen molar-refractivity contribution >= 4 is 5.95 Å². The van der Waals surface area contributed by atoms with Crippen LogP contribution >= 0.6 is 0 Å². The summed E-state index contributed by atoms with van der Waals surface area (Å²) in [5.74, 6) is 1.51. The van der Waals surface area contributed by atoms with E-state index in [-0.39, 0.29) is 0 Å². The predicted octanol–water partition coefficient (Wildman–Crippen LogP) is 3.17. The van der Waals surface area contributed by atoms with Gasteiger partial charge in [-0.2, -0.15) is 0 Å². The summed E-state index contributed by atoms with van der Waals surface area (Å²) in [6.07, 6.45) is 0. The summed E-state index contributed by atoms with van der Waals surface area (Å²) in [5, 5.41) is 0. The molecule has 1 aromatic heterocycles. The normalized spacial score (nSPS) is 10.8. The largest absolute Gasteiger partial charge is 0.496 e. The lowest BCUT2D eigenvalue weighted by Gasteiger charge is -2.10. The highest BCUT2D eigenvalue weighted by Gasteiger charge is 2.09. The number of anilines is 1. The molecule has 1 aromatic carbocycles. The van der Waals surface area contributed by atoms with Crippen LogP contribution in [0.5, 0.6) is 5.75 Å². The van der Waals surface area contributed by atoms with Gasteiger partial charge in [0.15, 0.2) is 0 Å². The van der Waals surface area contributed by atoms with Crippen LogP contribution in [0, 0.1) is 6.92 Å². The molecule has 19 heavy (non-hydrogen) atoms. The third-order valence-electron chi connectivity index (χ3n) is 3.05. The molecule has 0 spiro atoms. The maximum atomic E-state index is 5.78. The van der Waals surface area contributed by atoms with E-state index < -0.39 is 0 Å². The van der Waals surface area contributed by atoms with Gasteiger partial charge in [0.05, 0.1) is 12.8 Å². The minimum absolute atomic E-state index is 0.315. The molecule has 0 saturated heterocycles. The van der Waals surface area contributed by atoms with E-state index in [1.165, 1.54) is 0 Å². The second kappa shape index (κ2) is 5.26. The van der Waals surface area contributed by atoms with Crippen LogP contribution in [0.4, 0.5) is 5.95 Å². The van der Waals surface area contributed by atoms with Gasteiger partial charge < -0.3 is 10.5 Å². The molecule has 2 N–H and O–H groups in total. The Morgan fingerprint density at radius 1 is 1.16 bits per heavy atom. The molecular formula is C15H19N3O. The Labute approximate surface area is 113 Å². The number of hydrogen-bond acceptors (Lipinski definition) is 4. The molecule has 0 saturated carbocycles. The van der Waals surface area contributed by atoms with Crippen molar-refractivity contribution in [3.8, 4) is 17.0 Å². The van der Waals surface area contributed by atoms with E-state index in [1.54, 1.807) is 7.11 Å². The Hall–Kier alpha value is -2.10. The van der Waals surface area contributed by atoms with Gasteiger partial charge in [0.25, 0.3) is 0 Å². The number of nitrogen functional groups attached to an aromatic ring is 1. The molecule has 4 nitrogen and oxygen atoms in total. The highest BCUT2D eigenvalue weighted by Crippen LogP contribution is 2.26. The first-order chi connectivity index (χ1) is 9.01. The summed E-state index contributed by atoms with van der Waals surface area (Å²) >= 11 is 0. The molecule has 0 aliphatic heterocycles. The summed E-state index contributed by atoms with van der Waals surface area (Å²) in [5.41, 5.74) is 9.68. The van der Waals surface area contributed by atoms with Crippen molar-refractivity contribution in [2.45, 2.75) is 26.7 Å². The number of nitrogens with zero attached hydrogens (tertiary/aromatic N) is 2. The van der Waals surface area contributed by atoms with Crippen molar-refractivity contribution in [2.75, 3.05) is 12.8 Å². The van der Waals surface area contributed by atoms with Gasteiger partial charge in [0.1, 0.15) is 5.75 Å². The maximum Gasteiger partial charge on any atom is 0.220 e. The number of benzene rings is 1. The van der Waals surface area contributed by atoms with E-state index in [0.717, 1.165) is 28.3 Å². The van der Waals surface area contributed by atoms with Crippen molar-refractivity contribution in [1.82, 2.24) is 9.97 Å². The van der Waals surface area contributed by atoms with Crippen molar-refractivity contribution in [3.63, 3.8) is 0 Å². The third kappa shape index (κ3) is 2.84. The lowest BCUT2D eigenvalue weighted by atomic mass is 10.0. The zero-order valence-corrected chi connectivity index (χ0v) is 11.8. The summed E-state index contributed by atoms with van der Waals surface area (Å²) in [4.78, 5) is 8.57. The molecule has 0 amide bonds. The Morgan fingerprint density at radius 2 is 1.89 bits per heavy atom. The minimum atomic E-state index is 0.315. The number of aromatic nitrogens is 2. The van der Waals surface area contributed by atoms with Gasteiger partial charge >= 0.3 is 0 Å². The molecule has 0 aliphatic rings. The first kappa shape index (κ1) is 13.3. The second-order valence-electron chi connectivity index (χ2n) is 4.88. The average Bonchev–Trinajstić information content (AvgIpc) is 2.37. The fourth-order valence-electron chi connectivity index (χ4n) is 1.97. The van der Waals surface area contributed by atoms with Gasteiger partial charge in [0, 0.05) is 11.3 Å². The van der Waals surface area contributed by atoms with Crippen molar-refractivity contribution in [2.24, 2.45) is 0 Å². The highest BCUT2D eigenvalue weighted by molar-refractivity contribution is 5.63. The molecule has 0 atom stereocenters. The van der Waals surface area contributed by atoms with E-state index in [9.17, 15) is 0 Å². The summed E-state index contributed by atoms with van der Waals surface area (Å²) in [7, 11) is 1.67. The van der Waals surface area contributed by atoms with E-state index in [4.69, 9.17) is 10.5 Å². The van der Waals surface area contributed by atoms with Gasteiger partial charge in [-0.3, -0.25) is 0 Å². The summed E-state index contributed by atoms with van der Waals surface area (Å²) < 4.78 is 5.26. The molecule has 0 bridgehead atoms. The molecule has 2 aromatic rings. The quantitative estimate of drug-likeness (QED) is 0.917. The minimum Gasteiger partial charge on any atom is -0.496 e. The summed E-state index contributed by atoms with van der Waals surface area (Å²) in [6, 6.07) is 7.96. The Kier molecular flexibility index (Phi) is 3.69. The molecule has 4 heteroatoms. The molecule has 0 aliphatic carbocycles. The first-order valence-corrected chi connectivity index (χ1v) is 6.30. The second-order valence-corrected chi connectivity index (χ2v) is 4.88. The van der Waals surface area contributed by atoms with Crippen LogP contribution in [0.3, 0.4) is 0 Å². The zero-order valence-electron chi connectivity index (χ0n) is 11.8. The van der Waals surface area contributed by atoms with E-state index in [0.29, 0.717) is 11.9 Å². The smallest absolute Gasteiger partial charge is 0.220 e. The third-order valence-corrected chi connectivity index (χ3v) is 3.05. The number of nitrogens with two attached hydrogens (primary N) is 1. The number of rotatable bonds is 3. The number of ether oxygens (including phenoxy) is 1. The zero-order chi connectivity index (χ0) is 14.0. The Bertz CT molecular complexity index is 594. The average molecular weight is 257 g/mol. The van der Waals surface area contributed by atoms with Crippen molar-refractivity contribution in [1.29, 1.82) is 0 Å². The lowest BCUT2D eigenvalue weighted by molar-refractivity contribution is 0.412. The van der Waals surface area contributed by atoms with Gasteiger partial charge in [0.2, 0.25) is 5.95 Å². The molecule has 100 valence electrons. The van der Waals surface area contributed by atoms with Gasteiger partial charge in [-0.1, -0.05) is 13.8 Å². The van der Waals surface area contributed by atoms with Crippen LogP contribution in [-0.4, -0.2) is 17.1 Å². The lowest BCUT2D eigenvalue weighted by Crippen LogP contribution is -2.02. The number of aryl methyl sites for hydroxylation is 1. The van der Waals surface area contributed by atoms with E-state index in [2.05, 4.69) is 23.8 Å². The predicted molar refractivity (Wildman–Crippen MR) is 77.3 cm³/mol. The molecule has 1 heterocycles. The van der Waals surface area contributed by atoms with Crippen molar-refractivity contribution in [3.05, 3.63) is 35.5 Å². The fourth-order valence-corrected chi connectivity index (χ4v) is 1.97. The standard InChI is InChI=1S/C15H19N3O/c1-9(2)12-8-13(18-15(16)17-12)11-5-6-14(19-4)10(3)7-11/h5-9H,1-4H3,(H2,16,17,18). The van der Waals surface area contributed by atoms with E-state index in [1.807, 2.05) is 31.2 Å². The van der Waals surface area contributed by atoms with E-state index >= 15 is 0 Å². The number of methoxy groups -OCH3 is 1. The van der Waals surface area contributed by atoms with Crippen LogP contribution in [-0.2, 0) is 0 Å². The molecule has 2 rings (SSSR count). The monoisotopic (exact) mass is 257 g/mol. The first-order valence-electron chi connectivity index (χ1n) is 6.30. The van der Waals surface area contributed by atoms with Crippen LogP contribution < -0.4 is 10.5 Å². The van der Waals surface area contributed by atoms with Gasteiger partial charge in [-0.05, 0) is 42.7 Å². The fraction of sp³-hybridized carbons (Fsp3) is 0.333. The van der Waals surface area contributed by atoms with Gasteiger partial charge in [-0.15, -0.1) is 0 Å². The van der Waals surface area contributed by atoms with Crippen molar-refractivity contribution < 1.29 is 4.74 Å². The summed E-state index contributed by atoms with van der Waals surface area (Å²) in [6.45, 7) is 6.19. The van der Waals surface area contributed by atoms with Crippen LogP contribution in [0.15, 0.2) is 24.3 Å². The molecule has 0 unspecified atom stereocenters. The highest BCUT2D eigenvalue weighted by atomic mass is 16.5. The molecule has 0 radical (unpaired) electrons. The van der Waals surface area contributed by atoms with Crippen LogP contribution in [0.25, 0.3) is 11.3 Å². The Balaban J connectivity index is 2.49. The number of hydrogen-bond donors (Lipinski definition) is 1. The van der Waals surface area contributed by atoms with Gasteiger partial charge in [-0.25, -0.2) is 9.97 Å². The van der Waals surface area contributed by atoms with Crippen LogP contribution in [0.2, 0.25) is 0 Å². The Morgan fingerprint density at radius 3 is 2.47 bits per heavy atom. The van der Waals surface area contributed by atoms with Crippen LogP contribution in [0.1, 0.15) is 31.0 Å². The SMILES string of the molecule is COc1ccc(-c2cc(C(C)C)nc(N)n2)cc1C. The topological polar surface area (TPSA) is 61.0 Å². The molecular weight excluding hydrogens is 238 g/mol.